The SMILES string of the molecule is COc1ccc(-c2noc(CC(=O)NCC(C)Cc3ccccc3)n2)cc1. The molecule has 0 saturated heterocycles. The average molecular weight is 365 g/mol. The highest BCUT2D eigenvalue weighted by atomic mass is 16.5. The predicted octanol–water partition coefficient (Wildman–Crippen LogP) is 3.28. The van der Waals surface area contributed by atoms with E-state index in [-0.39, 0.29) is 12.3 Å². The first kappa shape index (κ1) is 18.6. The van der Waals surface area contributed by atoms with Crippen molar-refractivity contribution in [2.75, 3.05) is 13.7 Å². The summed E-state index contributed by atoms with van der Waals surface area (Å²) in [5, 5.41) is 6.87. The van der Waals surface area contributed by atoms with E-state index in [0.29, 0.717) is 24.2 Å². The normalized spacial score (nSPS) is 11.8. The molecule has 1 unspecified atom stereocenters. The van der Waals surface area contributed by atoms with Gasteiger partial charge in [-0.15, -0.1) is 0 Å². The number of hydrogen-bond donors (Lipinski definition) is 1. The van der Waals surface area contributed by atoms with E-state index < -0.39 is 0 Å². The van der Waals surface area contributed by atoms with Gasteiger partial charge < -0.3 is 14.6 Å². The molecule has 0 saturated carbocycles. The lowest BCUT2D eigenvalue weighted by Crippen LogP contribution is -2.30. The number of methoxy groups -OCH3 is 1. The Morgan fingerprint density at radius 1 is 1.15 bits per heavy atom. The summed E-state index contributed by atoms with van der Waals surface area (Å²) in [4.78, 5) is 16.4. The molecule has 0 radical (unpaired) electrons. The lowest BCUT2D eigenvalue weighted by Gasteiger charge is -2.12. The van der Waals surface area contributed by atoms with Gasteiger partial charge in [-0.3, -0.25) is 4.79 Å². The number of carbonyl (C=O) groups excluding carboxylic acids is 1. The zero-order valence-electron chi connectivity index (χ0n) is 15.5. The van der Waals surface area contributed by atoms with Crippen molar-refractivity contribution in [2.45, 2.75) is 19.8 Å². The van der Waals surface area contributed by atoms with E-state index in [2.05, 4.69) is 34.5 Å². The second kappa shape index (κ2) is 8.98. The van der Waals surface area contributed by atoms with Crippen molar-refractivity contribution in [3.63, 3.8) is 0 Å². The summed E-state index contributed by atoms with van der Waals surface area (Å²) < 4.78 is 10.3. The molecule has 6 heteroatoms. The Morgan fingerprint density at radius 2 is 1.89 bits per heavy atom. The zero-order chi connectivity index (χ0) is 19.1. The Balaban J connectivity index is 1.48. The monoisotopic (exact) mass is 365 g/mol. The number of nitrogens with zero attached hydrogens (tertiary/aromatic N) is 2. The Bertz CT molecular complexity index is 860. The van der Waals surface area contributed by atoms with Crippen LogP contribution in [0.2, 0.25) is 0 Å². The number of amides is 1. The van der Waals surface area contributed by atoms with Gasteiger partial charge in [0.2, 0.25) is 17.6 Å². The summed E-state index contributed by atoms with van der Waals surface area (Å²) in [6.45, 7) is 2.72. The maximum Gasteiger partial charge on any atom is 0.236 e. The summed E-state index contributed by atoms with van der Waals surface area (Å²) in [5.41, 5.74) is 2.07. The molecule has 0 aliphatic carbocycles. The standard InChI is InChI=1S/C21H23N3O3/c1-15(12-16-6-4-3-5-7-16)14-22-19(25)13-20-23-21(24-27-20)17-8-10-18(26-2)11-9-17/h3-11,15H,12-14H2,1-2H3,(H,22,25). The number of rotatable bonds is 8. The number of hydrogen-bond acceptors (Lipinski definition) is 5. The van der Waals surface area contributed by atoms with Gasteiger partial charge in [0.15, 0.2) is 0 Å². The molecular formula is C21H23N3O3. The molecule has 1 heterocycles. The van der Waals surface area contributed by atoms with Gasteiger partial charge in [-0.25, -0.2) is 0 Å². The minimum atomic E-state index is -0.125. The number of benzene rings is 2. The van der Waals surface area contributed by atoms with E-state index >= 15 is 0 Å². The van der Waals surface area contributed by atoms with Crippen LogP contribution in [0.3, 0.4) is 0 Å². The average Bonchev–Trinajstić information content (AvgIpc) is 3.15. The summed E-state index contributed by atoms with van der Waals surface area (Å²) in [7, 11) is 1.61. The largest absolute Gasteiger partial charge is 0.497 e. The molecule has 1 N–H and O–H groups in total. The minimum Gasteiger partial charge on any atom is -0.497 e. The predicted molar refractivity (Wildman–Crippen MR) is 102 cm³/mol. The third-order valence-electron chi connectivity index (χ3n) is 4.20. The summed E-state index contributed by atoms with van der Waals surface area (Å²) in [6, 6.07) is 17.6. The van der Waals surface area contributed by atoms with Gasteiger partial charge >= 0.3 is 0 Å². The highest BCUT2D eigenvalue weighted by molar-refractivity contribution is 5.77. The van der Waals surface area contributed by atoms with Crippen molar-refractivity contribution >= 4 is 5.91 Å². The highest BCUT2D eigenvalue weighted by Gasteiger charge is 2.13. The molecule has 140 valence electrons. The van der Waals surface area contributed by atoms with Crippen molar-refractivity contribution < 1.29 is 14.1 Å². The van der Waals surface area contributed by atoms with Crippen LogP contribution in [0, 0.1) is 5.92 Å². The van der Waals surface area contributed by atoms with Gasteiger partial charge in [0.05, 0.1) is 7.11 Å². The van der Waals surface area contributed by atoms with E-state index in [0.717, 1.165) is 17.7 Å². The van der Waals surface area contributed by atoms with Crippen LogP contribution in [-0.4, -0.2) is 29.7 Å². The summed E-state index contributed by atoms with van der Waals surface area (Å²) in [6.07, 6.45) is 0.991. The zero-order valence-corrected chi connectivity index (χ0v) is 15.5. The fraction of sp³-hybridized carbons (Fsp3) is 0.286. The lowest BCUT2D eigenvalue weighted by molar-refractivity contribution is -0.120. The summed E-state index contributed by atoms with van der Waals surface area (Å²) in [5.74, 6) is 1.73. The van der Waals surface area contributed by atoms with Crippen LogP contribution in [0.4, 0.5) is 0 Å². The van der Waals surface area contributed by atoms with Gasteiger partial charge in [0, 0.05) is 12.1 Å². The molecule has 0 aliphatic heterocycles. The second-order valence-electron chi connectivity index (χ2n) is 6.52. The van der Waals surface area contributed by atoms with Crippen molar-refractivity contribution in [1.29, 1.82) is 0 Å². The molecule has 0 fully saturated rings. The molecule has 3 rings (SSSR count). The molecule has 1 aromatic heterocycles. The van der Waals surface area contributed by atoms with E-state index in [9.17, 15) is 4.79 Å². The molecule has 6 nitrogen and oxygen atoms in total. The topological polar surface area (TPSA) is 77.2 Å². The van der Waals surface area contributed by atoms with Crippen LogP contribution in [0.25, 0.3) is 11.4 Å². The molecule has 0 spiro atoms. The molecule has 0 bridgehead atoms. The molecule has 2 aromatic carbocycles. The smallest absolute Gasteiger partial charge is 0.236 e. The fourth-order valence-electron chi connectivity index (χ4n) is 2.76. The molecule has 0 aliphatic rings. The van der Waals surface area contributed by atoms with Crippen molar-refractivity contribution in [3.05, 3.63) is 66.1 Å². The Labute approximate surface area is 158 Å². The van der Waals surface area contributed by atoms with Crippen LogP contribution in [0.5, 0.6) is 5.75 Å². The number of nitrogens with one attached hydrogen (secondary N) is 1. The maximum atomic E-state index is 12.1. The third-order valence-corrected chi connectivity index (χ3v) is 4.20. The van der Waals surface area contributed by atoms with Gasteiger partial charge in [0.1, 0.15) is 12.2 Å². The Kier molecular flexibility index (Phi) is 6.20. The first-order valence-corrected chi connectivity index (χ1v) is 8.91. The second-order valence-corrected chi connectivity index (χ2v) is 6.52. The molecule has 1 atom stereocenters. The van der Waals surface area contributed by atoms with Crippen LogP contribution in [0.15, 0.2) is 59.1 Å². The Hall–Kier alpha value is -3.15. The van der Waals surface area contributed by atoms with Crippen LogP contribution >= 0.6 is 0 Å². The van der Waals surface area contributed by atoms with Crippen molar-refractivity contribution in [3.8, 4) is 17.1 Å². The highest BCUT2D eigenvalue weighted by Crippen LogP contribution is 2.19. The van der Waals surface area contributed by atoms with Crippen LogP contribution in [0.1, 0.15) is 18.4 Å². The van der Waals surface area contributed by atoms with E-state index in [4.69, 9.17) is 9.26 Å². The van der Waals surface area contributed by atoms with Crippen molar-refractivity contribution in [1.82, 2.24) is 15.5 Å². The van der Waals surface area contributed by atoms with E-state index in [1.54, 1.807) is 7.11 Å². The quantitative estimate of drug-likeness (QED) is 0.663. The number of aromatic nitrogens is 2. The number of ether oxygens (including phenoxy) is 1. The molecular weight excluding hydrogens is 342 g/mol. The maximum absolute atomic E-state index is 12.1. The Morgan fingerprint density at radius 3 is 2.59 bits per heavy atom. The van der Waals surface area contributed by atoms with Crippen LogP contribution in [-0.2, 0) is 17.6 Å². The van der Waals surface area contributed by atoms with E-state index in [1.165, 1.54) is 5.56 Å². The third kappa shape index (κ3) is 5.41. The first-order valence-electron chi connectivity index (χ1n) is 8.91. The van der Waals surface area contributed by atoms with Crippen molar-refractivity contribution in [2.24, 2.45) is 5.92 Å². The molecule has 1 amide bonds. The van der Waals surface area contributed by atoms with Gasteiger partial charge in [-0.05, 0) is 42.2 Å². The molecule has 27 heavy (non-hydrogen) atoms. The van der Waals surface area contributed by atoms with Gasteiger partial charge in [-0.1, -0.05) is 42.4 Å². The van der Waals surface area contributed by atoms with Crippen LogP contribution < -0.4 is 10.1 Å². The molecule has 3 aromatic rings. The summed E-state index contributed by atoms with van der Waals surface area (Å²) >= 11 is 0. The van der Waals surface area contributed by atoms with Gasteiger partial charge in [-0.2, -0.15) is 4.98 Å². The number of carbonyl (C=O) groups is 1. The first-order chi connectivity index (χ1) is 13.1. The van der Waals surface area contributed by atoms with Gasteiger partial charge in [0.25, 0.3) is 0 Å². The minimum absolute atomic E-state index is 0.0706. The lowest BCUT2D eigenvalue weighted by atomic mass is 10.0. The van der Waals surface area contributed by atoms with E-state index in [1.807, 2.05) is 42.5 Å². The fourth-order valence-corrected chi connectivity index (χ4v) is 2.76.